The van der Waals surface area contributed by atoms with Gasteiger partial charge in [-0.1, -0.05) is 25.1 Å². The highest BCUT2D eigenvalue weighted by molar-refractivity contribution is 7.89. The van der Waals surface area contributed by atoms with E-state index in [1.807, 2.05) is 31.2 Å². The number of fused-ring (bicyclic) bond motifs is 1. The van der Waals surface area contributed by atoms with Crippen molar-refractivity contribution in [1.82, 2.24) is 9.21 Å². The van der Waals surface area contributed by atoms with Crippen molar-refractivity contribution in [3.63, 3.8) is 0 Å². The van der Waals surface area contributed by atoms with Crippen LogP contribution < -0.4 is 9.47 Å². The van der Waals surface area contributed by atoms with E-state index in [2.05, 4.69) is 0 Å². The second-order valence-electron chi connectivity index (χ2n) is 8.53. The van der Waals surface area contributed by atoms with E-state index < -0.39 is 22.2 Å². The maximum absolute atomic E-state index is 13.5. The molecule has 0 bridgehead atoms. The monoisotopic (exact) mass is 476 g/mol. The summed E-state index contributed by atoms with van der Waals surface area (Å²) in [7, 11) is -0.631. The van der Waals surface area contributed by atoms with Crippen LogP contribution in [0.1, 0.15) is 20.8 Å². The van der Waals surface area contributed by atoms with Gasteiger partial charge in [-0.2, -0.15) is 4.31 Å². The Bertz CT molecular complexity index is 1090. The summed E-state index contributed by atoms with van der Waals surface area (Å²) in [6, 6.07) is 11.9. The minimum Gasteiger partial charge on any atom is -0.497 e. The third kappa shape index (κ3) is 5.31. The largest absolute Gasteiger partial charge is 0.497 e. The van der Waals surface area contributed by atoms with Gasteiger partial charge in [0.05, 0.1) is 20.3 Å². The molecule has 33 heavy (non-hydrogen) atoms. The van der Waals surface area contributed by atoms with Gasteiger partial charge in [0.15, 0.2) is 0 Å². The van der Waals surface area contributed by atoms with E-state index in [0.29, 0.717) is 6.54 Å². The van der Waals surface area contributed by atoms with E-state index in [0.717, 1.165) is 16.9 Å². The molecular formula is C24H32N2O6S. The first kappa shape index (κ1) is 25.0. The first-order chi connectivity index (χ1) is 15.6. The molecule has 1 amide bonds. The van der Waals surface area contributed by atoms with E-state index in [1.165, 1.54) is 11.2 Å². The Morgan fingerprint density at radius 2 is 1.88 bits per heavy atom. The number of sulfonamides is 1. The van der Waals surface area contributed by atoms with Crippen LogP contribution in [0.4, 0.5) is 0 Å². The van der Waals surface area contributed by atoms with Crippen LogP contribution in [0, 0.1) is 5.92 Å². The number of amides is 1. The van der Waals surface area contributed by atoms with Crippen molar-refractivity contribution >= 4 is 15.9 Å². The molecule has 0 unspecified atom stereocenters. The maximum Gasteiger partial charge on any atom is 0.247 e. The second kappa shape index (κ2) is 10.1. The Hall–Kier alpha value is -2.62. The Balaban J connectivity index is 2.12. The molecule has 0 spiro atoms. The number of aliphatic hydroxyl groups excluding tert-OH is 1. The van der Waals surface area contributed by atoms with Crippen molar-refractivity contribution in [2.75, 3.05) is 33.9 Å². The van der Waals surface area contributed by atoms with Crippen LogP contribution in [0.15, 0.2) is 47.4 Å². The summed E-state index contributed by atoms with van der Waals surface area (Å²) in [5.74, 6) is 0.618. The molecule has 1 N–H and O–H groups in total. The molecule has 0 aliphatic carbocycles. The number of rotatable bonds is 6. The Kier molecular flexibility index (Phi) is 7.66. The van der Waals surface area contributed by atoms with Crippen LogP contribution in [-0.2, 0) is 14.8 Å². The van der Waals surface area contributed by atoms with Gasteiger partial charge in [0.1, 0.15) is 22.5 Å². The van der Waals surface area contributed by atoms with Gasteiger partial charge in [0.25, 0.3) is 0 Å². The van der Waals surface area contributed by atoms with Gasteiger partial charge in [-0.05, 0) is 42.3 Å². The number of carbonyl (C=O) groups excluding carboxylic acids is 1. The van der Waals surface area contributed by atoms with Crippen molar-refractivity contribution < 1.29 is 27.8 Å². The fourth-order valence-corrected chi connectivity index (χ4v) is 5.63. The maximum atomic E-state index is 13.5. The zero-order valence-corrected chi connectivity index (χ0v) is 20.5. The molecule has 0 radical (unpaired) electrons. The van der Waals surface area contributed by atoms with Crippen LogP contribution >= 0.6 is 0 Å². The molecule has 2 aromatic rings. The quantitative estimate of drug-likeness (QED) is 0.689. The summed E-state index contributed by atoms with van der Waals surface area (Å²) in [6.45, 7) is 5.22. The third-order valence-electron chi connectivity index (χ3n) is 6.08. The summed E-state index contributed by atoms with van der Waals surface area (Å²) in [6.07, 6.45) is -0.437. The first-order valence-corrected chi connectivity index (χ1v) is 12.3. The average Bonchev–Trinajstić information content (AvgIpc) is 2.80. The van der Waals surface area contributed by atoms with Crippen molar-refractivity contribution in [3.05, 3.63) is 42.5 Å². The number of hydrogen-bond acceptors (Lipinski definition) is 6. The normalized spacial score (nSPS) is 21.2. The summed E-state index contributed by atoms with van der Waals surface area (Å²) in [4.78, 5) is 13.5. The minimum absolute atomic E-state index is 0.0439. The van der Waals surface area contributed by atoms with E-state index in [1.54, 1.807) is 44.2 Å². The van der Waals surface area contributed by atoms with Crippen LogP contribution in [0.5, 0.6) is 11.5 Å². The number of hydrogen-bond donors (Lipinski definition) is 1. The van der Waals surface area contributed by atoms with Crippen molar-refractivity contribution in [3.8, 4) is 22.6 Å². The lowest BCUT2D eigenvalue weighted by Gasteiger charge is -2.37. The molecule has 8 nitrogen and oxygen atoms in total. The molecule has 0 fully saturated rings. The molecule has 1 aliphatic heterocycles. The lowest BCUT2D eigenvalue weighted by atomic mass is 10.0. The number of benzene rings is 2. The van der Waals surface area contributed by atoms with Gasteiger partial charge >= 0.3 is 0 Å². The lowest BCUT2D eigenvalue weighted by Crippen LogP contribution is -2.50. The molecule has 0 saturated carbocycles. The highest BCUT2D eigenvalue weighted by Crippen LogP contribution is 2.36. The first-order valence-electron chi connectivity index (χ1n) is 10.9. The van der Waals surface area contributed by atoms with Gasteiger partial charge in [-0.25, -0.2) is 8.42 Å². The van der Waals surface area contributed by atoms with Crippen LogP contribution in [0.25, 0.3) is 11.1 Å². The molecule has 1 aliphatic rings. The lowest BCUT2D eigenvalue weighted by molar-refractivity contribution is -0.129. The molecular weight excluding hydrogens is 444 g/mol. The minimum atomic E-state index is -3.92. The number of ether oxygens (including phenoxy) is 2. The Morgan fingerprint density at radius 1 is 1.24 bits per heavy atom. The number of nitrogens with zero attached hydrogens (tertiary/aromatic N) is 2. The SMILES string of the molecule is COc1ccc(-c2ccc3c(c2)O[C@@H](CN(C)C(C)=O)[C@@H](C)CN([C@@H](C)CO)S3(=O)=O)cc1. The smallest absolute Gasteiger partial charge is 0.247 e. The zero-order valence-electron chi connectivity index (χ0n) is 19.7. The Labute approximate surface area is 195 Å². The van der Waals surface area contributed by atoms with E-state index >= 15 is 0 Å². The van der Waals surface area contributed by atoms with Crippen LogP contribution in [0.2, 0.25) is 0 Å². The van der Waals surface area contributed by atoms with Gasteiger partial charge in [0, 0.05) is 32.5 Å². The van der Waals surface area contributed by atoms with E-state index in [-0.39, 0.29) is 35.6 Å². The number of methoxy groups -OCH3 is 1. The van der Waals surface area contributed by atoms with Crippen LogP contribution in [-0.4, -0.2) is 74.6 Å². The van der Waals surface area contributed by atoms with E-state index in [9.17, 15) is 18.3 Å². The predicted octanol–water partition coefficient (Wildman–Crippen LogP) is 2.61. The summed E-state index contributed by atoms with van der Waals surface area (Å²) >= 11 is 0. The molecule has 3 rings (SSSR count). The van der Waals surface area contributed by atoms with Gasteiger partial charge < -0.3 is 19.5 Å². The summed E-state index contributed by atoms with van der Waals surface area (Å²) in [5.41, 5.74) is 1.67. The Morgan fingerprint density at radius 3 is 2.45 bits per heavy atom. The average molecular weight is 477 g/mol. The number of aliphatic hydroxyl groups is 1. The molecule has 1 heterocycles. The molecule has 0 saturated heterocycles. The van der Waals surface area contributed by atoms with Gasteiger partial charge in [-0.3, -0.25) is 4.79 Å². The van der Waals surface area contributed by atoms with Crippen LogP contribution in [0.3, 0.4) is 0 Å². The van der Waals surface area contributed by atoms with Crippen molar-refractivity contribution in [2.45, 2.75) is 37.8 Å². The number of carbonyl (C=O) groups is 1. The van der Waals surface area contributed by atoms with Gasteiger partial charge in [-0.15, -0.1) is 0 Å². The van der Waals surface area contributed by atoms with E-state index in [4.69, 9.17) is 9.47 Å². The molecule has 2 aromatic carbocycles. The molecule has 3 atom stereocenters. The zero-order chi connectivity index (χ0) is 24.3. The fourth-order valence-electron chi connectivity index (χ4n) is 3.80. The third-order valence-corrected chi connectivity index (χ3v) is 8.10. The highest BCUT2D eigenvalue weighted by Gasteiger charge is 2.38. The summed E-state index contributed by atoms with van der Waals surface area (Å²) < 4.78 is 39.9. The fraction of sp³-hybridized carbons (Fsp3) is 0.458. The van der Waals surface area contributed by atoms with Crippen molar-refractivity contribution in [1.29, 1.82) is 0 Å². The highest BCUT2D eigenvalue weighted by atomic mass is 32.2. The molecule has 180 valence electrons. The predicted molar refractivity (Wildman–Crippen MR) is 126 cm³/mol. The molecule has 9 heteroatoms. The topological polar surface area (TPSA) is 96.4 Å². The van der Waals surface area contributed by atoms with Crippen molar-refractivity contribution in [2.24, 2.45) is 5.92 Å². The summed E-state index contributed by atoms with van der Waals surface area (Å²) in [5, 5.41) is 9.73. The second-order valence-corrected chi connectivity index (χ2v) is 10.4. The standard InChI is InChI=1S/C24H32N2O6S/c1-16-13-26(17(2)15-27)33(29,30)24-11-8-20(19-6-9-21(31-5)10-7-19)12-22(24)32-23(16)14-25(4)18(3)28/h6-12,16-17,23,27H,13-15H2,1-5H3/t16-,17-,23-/m0/s1. The van der Waals surface area contributed by atoms with Gasteiger partial charge in [0.2, 0.25) is 15.9 Å². The number of likely N-dealkylation sites (N-methyl/N-ethyl adjacent to an activating group) is 1. The molecule has 0 aromatic heterocycles.